The second kappa shape index (κ2) is 14.0. The summed E-state index contributed by atoms with van der Waals surface area (Å²) in [5, 5.41) is 3.58. The molecule has 214 valence electrons. The van der Waals surface area contributed by atoms with Crippen LogP contribution < -0.4 is 9.62 Å². The molecule has 3 rings (SSSR count). The first-order valence-electron chi connectivity index (χ1n) is 13.2. The monoisotopic (exact) mass is 603 g/mol. The van der Waals surface area contributed by atoms with Crippen molar-refractivity contribution in [2.45, 2.75) is 64.1 Å². The van der Waals surface area contributed by atoms with Gasteiger partial charge in [0.25, 0.3) is 10.0 Å². The maximum Gasteiger partial charge on any atom is 0.264 e. The zero-order chi connectivity index (χ0) is 29.4. The van der Waals surface area contributed by atoms with E-state index in [1.54, 1.807) is 55.5 Å². The van der Waals surface area contributed by atoms with Crippen LogP contribution in [0.4, 0.5) is 5.69 Å². The van der Waals surface area contributed by atoms with E-state index in [9.17, 15) is 18.0 Å². The summed E-state index contributed by atoms with van der Waals surface area (Å²) in [4.78, 5) is 28.5. The van der Waals surface area contributed by atoms with E-state index in [0.717, 1.165) is 16.3 Å². The molecule has 1 N–H and O–H groups in total. The van der Waals surface area contributed by atoms with Crippen molar-refractivity contribution < 1.29 is 18.0 Å². The highest BCUT2D eigenvalue weighted by atomic mass is 35.5. The van der Waals surface area contributed by atoms with Crippen LogP contribution >= 0.6 is 23.2 Å². The highest BCUT2D eigenvalue weighted by Crippen LogP contribution is 2.28. The lowest BCUT2D eigenvalue weighted by Crippen LogP contribution is -2.52. The molecule has 0 saturated carbocycles. The largest absolute Gasteiger partial charge is 0.352 e. The molecule has 0 aliphatic rings. The normalized spacial score (nSPS) is 12.8. The third-order valence-corrected chi connectivity index (χ3v) is 9.30. The van der Waals surface area contributed by atoms with Crippen molar-refractivity contribution in [1.82, 2.24) is 10.2 Å². The number of hydrogen-bond donors (Lipinski definition) is 1. The number of aryl methyl sites for hydroxylation is 1. The number of halogens is 2. The van der Waals surface area contributed by atoms with Gasteiger partial charge in [-0.25, -0.2) is 8.42 Å². The Morgan fingerprint density at radius 3 is 2.02 bits per heavy atom. The number of nitrogens with zero attached hydrogens (tertiary/aromatic N) is 2. The van der Waals surface area contributed by atoms with Crippen LogP contribution in [0.5, 0.6) is 0 Å². The fourth-order valence-corrected chi connectivity index (χ4v) is 6.00. The summed E-state index contributed by atoms with van der Waals surface area (Å²) >= 11 is 12.8. The van der Waals surface area contributed by atoms with Crippen LogP contribution in [0.1, 0.15) is 45.2 Å². The average molecular weight is 605 g/mol. The molecular weight excluding hydrogens is 569 g/mol. The molecule has 0 fully saturated rings. The number of carbonyl (C=O) groups is 2. The molecule has 40 heavy (non-hydrogen) atoms. The van der Waals surface area contributed by atoms with Gasteiger partial charge in [-0.1, -0.05) is 73.4 Å². The molecule has 2 amide bonds. The smallest absolute Gasteiger partial charge is 0.264 e. The number of sulfonamides is 1. The fraction of sp³-hybridized carbons (Fsp3) is 0.333. The number of amides is 2. The molecule has 0 bridgehead atoms. The Hall–Kier alpha value is -3.07. The van der Waals surface area contributed by atoms with E-state index in [1.165, 1.54) is 17.0 Å². The number of hydrogen-bond acceptors (Lipinski definition) is 4. The first-order chi connectivity index (χ1) is 19.0. The first kappa shape index (κ1) is 31.5. The van der Waals surface area contributed by atoms with E-state index >= 15 is 0 Å². The van der Waals surface area contributed by atoms with Crippen LogP contribution in [0.25, 0.3) is 0 Å². The van der Waals surface area contributed by atoms with Gasteiger partial charge in [0.1, 0.15) is 12.6 Å². The summed E-state index contributed by atoms with van der Waals surface area (Å²) in [5.41, 5.74) is 1.83. The van der Waals surface area contributed by atoms with Crippen molar-refractivity contribution in [3.05, 3.63) is 94.0 Å². The molecule has 0 aromatic heterocycles. The fourth-order valence-electron chi connectivity index (χ4n) is 4.05. The van der Waals surface area contributed by atoms with Gasteiger partial charge in [-0.15, -0.1) is 0 Å². The number of anilines is 1. The first-order valence-corrected chi connectivity index (χ1v) is 15.4. The lowest BCUT2D eigenvalue weighted by atomic mass is 10.1. The Bertz CT molecular complexity index is 1400. The zero-order valence-electron chi connectivity index (χ0n) is 23.1. The minimum atomic E-state index is -4.13. The second-order valence-corrected chi connectivity index (χ2v) is 12.2. The highest BCUT2D eigenvalue weighted by molar-refractivity contribution is 7.92. The van der Waals surface area contributed by atoms with Crippen molar-refractivity contribution in [2.24, 2.45) is 0 Å². The minimum Gasteiger partial charge on any atom is -0.352 e. The maximum atomic E-state index is 14.0. The van der Waals surface area contributed by atoms with Crippen LogP contribution in [0.2, 0.25) is 10.0 Å². The van der Waals surface area contributed by atoms with Crippen LogP contribution in [0.15, 0.2) is 77.7 Å². The summed E-state index contributed by atoms with van der Waals surface area (Å²) in [6.45, 7) is 6.80. The quantitative estimate of drug-likeness (QED) is 0.272. The topological polar surface area (TPSA) is 86.8 Å². The van der Waals surface area contributed by atoms with E-state index in [-0.39, 0.29) is 23.4 Å². The Morgan fingerprint density at radius 2 is 1.48 bits per heavy atom. The van der Waals surface area contributed by atoms with Gasteiger partial charge in [-0.2, -0.15) is 0 Å². The van der Waals surface area contributed by atoms with Crippen LogP contribution in [-0.4, -0.2) is 43.8 Å². The lowest BCUT2D eigenvalue weighted by Gasteiger charge is -2.33. The Kier molecular flexibility index (Phi) is 11.0. The summed E-state index contributed by atoms with van der Waals surface area (Å²) in [7, 11) is -4.13. The van der Waals surface area contributed by atoms with E-state index in [4.69, 9.17) is 23.2 Å². The van der Waals surface area contributed by atoms with Crippen molar-refractivity contribution in [3.63, 3.8) is 0 Å². The number of nitrogens with one attached hydrogen (secondary N) is 1. The predicted molar refractivity (Wildman–Crippen MR) is 161 cm³/mol. The van der Waals surface area contributed by atoms with Crippen LogP contribution in [-0.2, 0) is 32.6 Å². The van der Waals surface area contributed by atoms with Crippen molar-refractivity contribution in [1.29, 1.82) is 0 Å². The predicted octanol–water partition coefficient (Wildman–Crippen LogP) is 6.08. The van der Waals surface area contributed by atoms with E-state index in [1.807, 2.05) is 32.9 Å². The van der Waals surface area contributed by atoms with Crippen molar-refractivity contribution in [2.75, 3.05) is 10.8 Å². The molecule has 3 aromatic rings. The highest BCUT2D eigenvalue weighted by Gasteiger charge is 2.33. The molecule has 0 unspecified atom stereocenters. The molecule has 3 aromatic carbocycles. The zero-order valence-corrected chi connectivity index (χ0v) is 25.4. The number of carbonyl (C=O) groups excluding carboxylic acids is 2. The number of rotatable bonds is 12. The maximum absolute atomic E-state index is 14.0. The van der Waals surface area contributed by atoms with Gasteiger partial charge in [-0.05, 0) is 68.7 Å². The average Bonchev–Trinajstić information content (AvgIpc) is 2.95. The minimum absolute atomic E-state index is 0.0469. The Labute approximate surface area is 247 Å². The third kappa shape index (κ3) is 7.56. The van der Waals surface area contributed by atoms with Gasteiger partial charge in [0, 0.05) is 28.2 Å². The molecule has 7 nitrogen and oxygen atoms in total. The SMILES string of the molecule is CCc1ccc(N(CC(=O)N(Cc2c(Cl)cccc2Cl)[C@@H](C)C(=O)N[C@H](C)CC)S(=O)(=O)c2ccccc2)cc1. The van der Waals surface area contributed by atoms with Crippen molar-refractivity contribution >= 4 is 50.7 Å². The van der Waals surface area contributed by atoms with Gasteiger partial charge < -0.3 is 10.2 Å². The molecule has 0 spiro atoms. The third-order valence-electron chi connectivity index (χ3n) is 6.80. The van der Waals surface area contributed by atoms with Crippen molar-refractivity contribution in [3.8, 4) is 0 Å². The van der Waals surface area contributed by atoms with Crippen LogP contribution in [0.3, 0.4) is 0 Å². The molecule has 2 atom stereocenters. The molecule has 0 aliphatic heterocycles. The van der Waals surface area contributed by atoms with Gasteiger partial charge in [0.15, 0.2) is 0 Å². The Morgan fingerprint density at radius 1 is 0.875 bits per heavy atom. The van der Waals surface area contributed by atoms with E-state index < -0.39 is 28.5 Å². The molecule has 0 saturated heterocycles. The molecule has 0 aliphatic carbocycles. The van der Waals surface area contributed by atoms with Crippen LogP contribution in [0, 0.1) is 0 Å². The van der Waals surface area contributed by atoms with E-state index in [2.05, 4.69) is 5.32 Å². The molecular formula is C30H35Cl2N3O4S. The summed E-state index contributed by atoms with van der Waals surface area (Å²) in [6, 6.07) is 18.9. The van der Waals surface area contributed by atoms with Gasteiger partial charge >= 0.3 is 0 Å². The summed E-state index contributed by atoms with van der Waals surface area (Å²) in [6.07, 6.45) is 1.49. The molecule has 0 radical (unpaired) electrons. The lowest BCUT2D eigenvalue weighted by molar-refractivity contribution is -0.139. The van der Waals surface area contributed by atoms with Gasteiger partial charge in [-0.3, -0.25) is 13.9 Å². The number of benzene rings is 3. The van der Waals surface area contributed by atoms with E-state index in [0.29, 0.717) is 27.7 Å². The van der Waals surface area contributed by atoms with Gasteiger partial charge in [0.2, 0.25) is 11.8 Å². The molecule has 0 heterocycles. The van der Waals surface area contributed by atoms with Gasteiger partial charge in [0.05, 0.1) is 10.6 Å². The standard InChI is InChI=1S/C30H35Cl2N3O4S/c1-5-21(3)33-30(37)22(4)34(19-26-27(31)13-10-14-28(26)32)29(36)20-35(24-17-15-23(6-2)16-18-24)40(38,39)25-11-8-7-9-12-25/h7-18,21-22H,5-6,19-20H2,1-4H3,(H,33,37)/t21-,22+/m1/s1. The summed E-state index contributed by atoms with van der Waals surface area (Å²) in [5.74, 6) is -0.947. The Balaban J connectivity index is 2.05. The second-order valence-electron chi connectivity index (χ2n) is 9.56. The molecule has 10 heteroatoms. The summed E-state index contributed by atoms with van der Waals surface area (Å²) < 4.78 is 28.7.